The summed E-state index contributed by atoms with van der Waals surface area (Å²) in [6.45, 7) is 7.46. The molecular formula is C26H40N4O. The van der Waals surface area contributed by atoms with Gasteiger partial charge in [0.1, 0.15) is 5.54 Å². The van der Waals surface area contributed by atoms with Crippen molar-refractivity contribution in [1.29, 1.82) is 0 Å². The predicted molar refractivity (Wildman–Crippen MR) is 125 cm³/mol. The topological polar surface area (TPSA) is 38.8 Å². The van der Waals surface area contributed by atoms with Gasteiger partial charge >= 0.3 is 0 Å². The number of carbonyl (C=O) groups excluding carboxylic acids is 1. The molecule has 3 saturated heterocycles. The molecule has 0 aromatic heterocycles. The van der Waals surface area contributed by atoms with Crippen LogP contribution >= 0.6 is 0 Å². The maximum Gasteiger partial charge on any atom is 0.241 e. The molecule has 3 heterocycles. The number of nitrogens with one attached hydrogen (secondary N) is 1. The van der Waals surface area contributed by atoms with E-state index in [4.69, 9.17) is 0 Å². The van der Waals surface area contributed by atoms with Gasteiger partial charge in [0.2, 0.25) is 5.91 Å². The fourth-order valence-electron chi connectivity index (χ4n) is 6.77. The third kappa shape index (κ3) is 4.42. The van der Waals surface area contributed by atoms with E-state index in [0.29, 0.717) is 12.0 Å². The summed E-state index contributed by atoms with van der Waals surface area (Å²) in [4.78, 5) is 20.8. The van der Waals surface area contributed by atoms with Crippen LogP contribution in [-0.4, -0.2) is 78.1 Å². The molecule has 1 N–H and O–H groups in total. The standard InChI is InChI=1S/C26H40N4O/c31-25-26(30(21-27-25)20-19-28-15-7-2-8-16-28)13-17-29(18-14-26)24-12-6-5-11-23(24)22-9-3-1-4-10-22/h1,3-4,9-10,23-24H,2,5-8,11-21H2,(H,27,31)/t23-,24-/m0/s1. The van der Waals surface area contributed by atoms with Crippen LogP contribution in [0.15, 0.2) is 30.3 Å². The molecule has 1 aromatic rings. The maximum absolute atomic E-state index is 13.0. The number of hydrogen-bond donors (Lipinski definition) is 1. The first kappa shape index (κ1) is 21.4. The van der Waals surface area contributed by atoms with E-state index in [1.54, 1.807) is 0 Å². The zero-order chi connectivity index (χ0) is 21.1. The monoisotopic (exact) mass is 424 g/mol. The number of nitrogens with zero attached hydrogens (tertiary/aromatic N) is 3. The summed E-state index contributed by atoms with van der Waals surface area (Å²) < 4.78 is 0. The van der Waals surface area contributed by atoms with E-state index in [9.17, 15) is 4.79 Å². The van der Waals surface area contributed by atoms with Gasteiger partial charge in [-0.2, -0.15) is 0 Å². The summed E-state index contributed by atoms with van der Waals surface area (Å²) in [7, 11) is 0. The highest BCUT2D eigenvalue weighted by molar-refractivity contribution is 5.88. The molecule has 0 bridgehead atoms. The molecule has 5 nitrogen and oxygen atoms in total. The molecule has 0 radical (unpaired) electrons. The predicted octanol–water partition coefficient (Wildman–Crippen LogP) is 3.42. The molecule has 1 aromatic carbocycles. The number of likely N-dealkylation sites (tertiary alicyclic amines) is 2. The Morgan fingerprint density at radius 1 is 0.871 bits per heavy atom. The minimum atomic E-state index is -0.261. The summed E-state index contributed by atoms with van der Waals surface area (Å²) in [6.07, 6.45) is 11.3. The summed E-state index contributed by atoms with van der Waals surface area (Å²) in [5.41, 5.74) is 1.25. The Morgan fingerprint density at radius 3 is 2.39 bits per heavy atom. The van der Waals surface area contributed by atoms with E-state index in [2.05, 4.69) is 50.3 Å². The van der Waals surface area contributed by atoms with E-state index in [0.717, 1.165) is 45.7 Å². The van der Waals surface area contributed by atoms with E-state index in [-0.39, 0.29) is 11.4 Å². The van der Waals surface area contributed by atoms with Crippen molar-refractivity contribution in [3.05, 3.63) is 35.9 Å². The van der Waals surface area contributed by atoms with Crippen molar-refractivity contribution in [3.8, 4) is 0 Å². The lowest BCUT2D eigenvalue weighted by Crippen LogP contribution is -2.59. The molecule has 170 valence electrons. The van der Waals surface area contributed by atoms with Crippen LogP contribution in [0.5, 0.6) is 0 Å². The highest BCUT2D eigenvalue weighted by Gasteiger charge is 2.51. The summed E-state index contributed by atoms with van der Waals surface area (Å²) in [5, 5.41) is 3.20. The molecule has 1 aliphatic carbocycles. The molecule has 1 amide bonds. The molecule has 4 aliphatic rings. The van der Waals surface area contributed by atoms with Gasteiger partial charge in [0.05, 0.1) is 6.67 Å². The van der Waals surface area contributed by atoms with Gasteiger partial charge in [0.25, 0.3) is 0 Å². The second kappa shape index (κ2) is 9.60. The van der Waals surface area contributed by atoms with Crippen molar-refractivity contribution >= 4 is 5.91 Å². The highest BCUT2D eigenvalue weighted by atomic mass is 16.2. The Morgan fingerprint density at radius 2 is 1.61 bits per heavy atom. The molecule has 0 unspecified atom stereocenters. The van der Waals surface area contributed by atoms with E-state index in [1.165, 1.54) is 63.6 Å². The number of hydrogen-bond acceptors (Lipinski definition) is 4. The van der Waals surface area contributed by atoms with Crippen molar-refractivity contribution in [3.63, 3.8) is 0 Å². The van der Waals surface area contributed by atoms with Gasteiger partial charge < -0.3 is 10.2 Å². The number of benzene rings is 1. The molecular weight excluding hydrogens is 384 g/mol. The Balaban J connectivity index is 1.23. The first-order chi connectivity index (χ1) is 15.3. The van der Waals surface area contributed by atoms with Gasteiger partial charge in [-0.25, -0.2) is 0 Å². The molecule has 1 saturated carbocycles. The number of rotatable bonds is 5. The number of carbonyl (C=O) groups is 1. The lowest BCUT2D eigenvalue weighted by Gasteiger charge is -2.48. The van der Waals surface area contributed by atoms with Crippen LogP contribution in [0, 0.1) is 0 Å². The van der Waals surface area contributed by atoms with Gasteiger partial charge in [0, 0.05) is 32.2 Å². The molecule has 5 rings (SSSR count). The highest BCUT2D eigenvalue weighted by Crippen LogP contribution is 2.40. The maximum atomic E-state index is 13.0. The van der Waals surface area contributed by atoms with E-state index >= 15 is 0 Å². The van der Waals surface area contributed by atoms with Gasteiger partial charge in [-0.1, -0.05) is 49.6 Å². The third-order valence-corrected chi connectivity index (χ3v) is 8.64. The third-order valence-electron chi connectivity index (χ3n) is 8.64. The molecule has 3 aliphatic heterocycles. The van der Waals surface area contributed by atoms with Gasteiger partial charge in [-0.15, -0.1) is 0 Å². The van der Waals surface area contributed by atoms with Crippen LogP contribution in [0.3, 0.4) is 0 Å². The smallest absolute Gasteiger partial charge is 0.241 e. The van der Waals surface area contributed by atoms with Crippen LogP contribution in [0.4, 0.5) is 0 Å². The van der Waals surface area contributed by atoms with Crippen LogP contribution in [0.2, 0.25) is 0 Å². The lowest BCUT2D eigenvalue weighted by molar-refractivity contribution is -0.129. The molecule has 31 heavy (non-hydrogen) atoms. The quantitative estimate of drug-likeness (QED) is 0.786. The first-order valence-corrected chi connectivity index (χ1v) is 12.8. The summed E-state index contributed by atoms with van der Waals surface area (Å²) >= 11 is 0. The molecule has 1 spiro atoms. The fourth-order valence-corrected chi connectivity index (χ4v) is 6.77. The second-order valence-corrected chi connectivity index (χ2v) is 10.3. The van der Waals surface area contributed by atoms with Crippen molar-refractivity contribution in [2.45, 2.75) is 75.3 Å². The van der Waals surface area contributed by atoms with Gasteiger partial charge in [-0.05, 0) is 63.1 Å². The lowest BCUT2D eigenvalue weighted by atomic mass is 9.77. The molecule has 4 fully saturated rings. The van der Waals surface area contributed by atoms with Crippen LogP contribution in [-0.2, 0) is 4.79 Å². The molecule has 2 atom stereocenters. The van der Waals surface area contributed by atoms with Crippen molar-refractivity contribution in [1.82, 2.24) is 20.0 Å². The Hall–Kier alpha value is -1.43. The zero-order valence-corrected chi connectivity index (χ0v) is 19.1. The van der Waals surface area contributed by atoms with E-state index in [1.807, 2.05) is 0 Å². The minimum absolute atomic E-state index is 0.261. The Labute approximate surface area is 188 Å². The molecule has 5 heteroatoms. The Kier molecular flexibility index (Phi) is 6.63. The summed E-state index contributed by atoms with van der Waals surface area (Å²) in [6, 6.07) is 11.8. The van der Waals surface area contributed by atoms with Gasteiger partial charge in [-0.3, -0.25) is 14.6 Å². The summed E-state index contributed by atoms with van der Waals surface area (Å²) in [5.74, 6) is 0.936. The normalized spacial score (nSPS) is 30.5. The number of piperidine rings is 2. The van der Waals surface area contributed by atoms with Crippen LogP contribution in [0.1, 0.15) is 69.3 Å². The van der Waals surface area contributed by atoms with E-state index < -0.39 is 0 Å². The Bertz CT molecular complexity index is 724. The first-order valence-electron chi connectivity index (χ1n) is 12.8. The van der Waals surface area contributed by atoms with Crippen LogP contribution < -0.4 is 5.32 Å². The fraction of sp³-hybridized carbons (Fsp3) is 0.731. The van der Waals surface area contributed by atoms with Crippen molar-refractivity contribution < 1.29 is 4.79 Å². The SMILES string of the molecule is O=C1NCN(CCN2CCCCC2)C12CCN([C@H]1CCCC[C@H]1c1ccccc1)CC2. The average Bonchev–Trinajstić information content (AvgIpc) is 3.14. The largest absolute Gasteiger partial charge is 0.342 e. The van der Waals surface area contributed by atoms with Crippen molar-refractivity contribution in [2.75, 3.05) is 45.9 Å². The van der Waals surface area contributed by atoms with Crippen molar-refractivity contribution in [2.24, 2.45) is 0 Å². The second-order valence-electron chi connectivity index (χ2n) is 10.3. The minimum Gasteiger partial charge on any atom is -0.342 e. The van der Waals surface area contributed by atoms with Gasteiger partial charge in [0.15, 0.2) is 0 Å². The van der Waals surface area contributed by atoms with Crippen LogP contribution in [0.25, 0.3) is 0 Å². The average molecular weight is 425 g/mol. The zero-order valence-electron chi connectivity index (χ0n) is 19.1. The number of amides is 1.